The number of allylic oxidation sites excluding steroid dienone is 1. The molecule has 102 valence electrons. The lowest BCUT2D eigenvalue weighted by molar-refractivity contribution is -0.00992. The van der Waals surface area contributed by atoms with E-state index in [1.54, 1.807) is 0 Å². The van der Waals surface area contributed by atoms with Crippen LogP contribution in [0.1, 0.15) is 64.2 Å². The van der Waals surface area contributed by atoms with Gasteiger partial charge in [-0.1, -0.05) is 18.9 Å². The highest BCUT2D eigenvalue weighted by Crippen LogP contribution is 2.39. The number of nitrogens with zero attached hydrogens (tertiary/aromatic N) is 1. The van der Waals surface area contributed by atoms with Crippen LogP contribution in [0.15, 0.2) is 11.6 Å². The van der Waals surface area contributed by atoms with E-state index in [0.29, 0.717) is 6.04 Å². The molecule has 2 nitrogen and oxygen atoms in total. The van der Waals surface area contributed by atoms with Crippen LogP contribution in [0.2, 0.25) is 0 Å². The largest absolute Gasteiger partial charge is 0.385 e. The molecule has 2 fully saturated rings. The molecule has 3 rings (SSSR count). The molecule has 1 aliphatic carbocycles. The molecular formula is C16H27NO. The molecule has 0 aromatic heterocycles. The molecule has 0 aromatic carbocycles. The topological polar surface area (TPSA) is 23.5 Å². The Balaban J connectivity index is 1.72. The number of rotatable bonds is 1. The number of aliphatic hydroxyl groups is 1. The van der Waals surface area contributed by atoms with Crippen molar-refractivity contribution in [3.63, 3.8) is 0 Å². The highest BCUT2D eigenvalue weighted by atomic mass is 16.3. The fourth-order valence-electron chi connectivity index (χ4n) is 4.15. The lowest BCUT2D eigenvalue weighted by atomic mass is 9.77. The van der Waals surface area contributed by atoms with E-state index in [-0.39, 0.29) is 0 Å². The SMILES string of the molecule is OC1(C2=CCCCCCC2)CCN2CCCC2C1. The van der Waals surface area contributed by atoms with Crippen molar-refractivity contribution in [3.05, 3.63) is 11.6 Å². The maximum absolute atomic E-state index is 11.1. The molecule has 18 heavy (non-hydrogen) atoms. The van der Waals surface area contributed by atoms with Gasteiger partial charge >= 0.3 is 0 Å². The van der Waals surface area contributed by atoms with Crippen LogP contribution in [0.3, 0.4) is 0 Å². The van der Waals surface area contributed by atoms with Gasteiger partial charge in [-0.2, -0.15) is 0 Å². The van der Waals surface area contributed by atoms with Crippen molar-refractivity contribution in [2.45, 2.75) is 75.9 Å². The van der Waals surface area contributed by atoms with Crippen molar-refractivity contribution in [2.24, 2.45) is 0 Å². The van der Waals surface area contributed by atoms with Crippen LogP contribution < -0.4 is 0 Å². The van der Waals surface area contributed by atoms with Crippen molar-refractivity contribution in [1.82, 2.24) is 4.90 Å². The Kier molecular flexibility index (Phi) is 3.76. The minimum Gasteiger partial charge on any atom is -0.385 e. The first-order valence-electron chi connectivity index (χ1n) is 7.94. The van der Waals surface area contributed by atoms with Gasteiger partial charge < -0.3 is 10.0 Å². The summed E-state index contributed by atoms with van der Waals surface area (Å²) in [5.74, 6) is 0. The predicted molar refractivity (Wildman–Crippen MR) is 74.6 cm³/mol. The summed E-state index contributed by atoms with van der Waals surface area (Å²) in [4.78, 5) is 2.60. The Bertz CT molecular complexity index is 325. The third-order valence-electron chi connectivity index (χ3n) is 5.27. The average molecular weight is 249 g/mol. The maximum Gasteiger partial charge on any atom is 0.0883 e. The van der Waals surface area contributed by atoms with Gasteiger partial charge in [0.15, 0.2) is 0 Å². The van der Waals surface area contributed by atoms with Crippen LogP contribution in [0.25, 0.3) is 0 Å². The lowest BCUT2D eigenvalue weighted by Gasteiger charge is -2.42. The predicted octanol–water partition coefficient (Wildman–Crippen LogP) is 3.26. The first kappa shape index (κ1) is 12.7. The smallest absolute Gasteiger partial charge is 0.0883 e. The van der Waals surface area contributed by atoms with Gasteiger partial charge in [-0.3, -0.25) is 0 Å². The van der Waals surface area contributed by atoms with Crippen LogP contribution >= 0.6 is 0 Å². The summed E-state index contributed by atoms with van der Waals surface area (Å²) >= 11 is 0. The van der Waals surface area contributed by atoms with Crippen LogP contribution in [0.5, 0.6) is 0 Å². The van der Waals surface area contributed by atoms with Gasteiger partial charge in [0.05, 0.1) is 5.60 Å². The molecule has 3 aliphatic rings. The van der Waals surface area contributed by atoms with Crippen molar-refractivity contribution in [1.29, 1.82) is 0 Å². The van der Waals surface area contributed by atoms with Gasteiger partial charge in [0.2, 0.25) is 0 Å². The fraction of sp³-hybridized carbons (Fsp3) is 0.875. The summed E-state index contributed by atoms with van der Waals surface area (Å²) in [5, 5.41) is 11.1. The molecule has 0 saturated carbocycles. The summed E-state index contributed by atoms with van der Waals surface area (Å²) in [6.07, 6.45) is 14.6. The van der Waals surface area contributed by atoms with E-state index in [1.807, 2.05) is 0 Å². The Labute approximate surface area is 111 Å². The molecule has 2 heterocycles. The Morgan fingerprint density at radius 1 is 1.11 bits per heavy atom. The van der Waals surface area contributed by atoms with Crippen LogP contribution in [0, 0.1) is 0 Å². The first-order chi connectivity index (χ1) is 8.78. The van der Waals surface area contributed by atoms with E-state index in [0.717, 1.165) is 25.8 Å². The molecule has 0 radical (unpaired) electrons. The van der Waals surface area contributed by atoms with Crippen molar-refractivity contribution >= 4 is 0 Å². The van der Waals surface area contributed by atoms with E-state index in [1.165, 1.54) is 57.1 Å². The minimum absolute atomic E-state index is 0.456. The number of hydrogen-bond acceptors (Lipinski definition) is 2. The second-order valence-electron chi connectivity index (χ2n) is 6.50. The monoisotopic (exact) mass is 249 g/mol. The molecule has 2 unspecified atom stereocenters. The summed E-state index contributed by atoms with van der Waals surface area (Å²) < 4.78 is 0. The standard InChI is InChI=1S/C16H27NO/c18-16(14-7-4-2-1-3-5-8-14)10-12-17-11-6-9-15(17)13-16/h7,15,18H,1-6,8-13H2. The summed E-state index contributed by atoms with van der Waals surface area (Å²) in [6, 6.07) is 0.662. The maximum atomic E-state index is 11.1. The van der Waals surface area contributed by atoms with Crippen LogP contribution in [-0.4, -0.2) is 34.7 Å². The molecule has 0 aromatic rings. The number of piperidine rings is 1. The zero-order chi connectivity index (χ0) is 12.4. The summed E-state index contributed by atoms with van der Waals surface area (Å²) in [5.41, 5.74) is 0.928. The highest BCUT2D eigenvalue weighted by molar-refractivity contribution is 5.20. The van der Waals surface area contributed by atoms with Crippen molar-refractivity contribution in [2.75, 3.05) is 13.1 Å². The summed E-state index contributed by atoms with van der Waals surface area (Å²) in [6.45, 7) is 2.37. The van der Waals surface area contributed by atoms with Crippen LogP contribution in [-0.2, 0) is 0 Å². The fourth-order valence-corrected chi connectivity index (χ4v) is 4.15. The van der Waals surface area contributed by atoms with Gasteiger partial charge in [0.25, 0.3) is 0 Å². The quantitative estimate of drug-likeness (QED) is 0.721. The Morgan fingerprint density at radius 3 is 2.94 bits per heavy atom. The van der Waals surface area contributed by atoms with E-state index in [9.17, 15) is 5.11 Å². The zero-order valence-corrected chi connectivity index (χ0v) is 11.5. The number of fused-ring (bicyclic) bond motifs is 1. The van der Waals surface area contributed by atoms with Crippen molar-refractivity contribution in [3.8, 4) is 0 Å². The second kappa shape index (κ2) is 5.34. The third kappa shape index (κ3) is 2.50. The second-order valence-corrected chi connectivity index (χ2v) is 6.50. The molecule has 0 spiro atoms. The van der Waals surface area contributed by atoms with Gasteiger partial charge in [0.1, 0.15) is 0 Å². The van der Waals surface area contributed by atoms with Gasteiger partial charge in [0, 0.05) is 12.6 Å². The highest BCUT2D eigenvalue weighted by Gasteiger charge is 2.41. The average Bonchev–Trinajstić information content (AvgIpc) is 2.74. The molecule has 0 bridgehead atoms. The zero-order valence-electron chi connectivity index (χ0n) is 11.5. The molecule has 2 saturated heterocycles. The number of hydrogen-bond donors (Lipinski definition) is 1. The molecule has 2 atom stereocenters. The summed E-state index contributed by atoms with van der Waals surface area (Å²) in [7, 11) is 0. The molecular weight excluding hydrogens is 222 g/mol. The van der Waals surface area contributed by atoms with E-state index in [2.05, 4.69) is 11.0 Å². The third-order valence-corrected chi connectivity index (χ3v) is 5.27. The van der Waals surface area contributed by atoms with E-state index < -0.39 is 5.60 Å². The first-order valence-corrected chi connectivity index (χ1v) is 7.94. The van der Waals surface area contributed by atoms with E-state index in [4.69, 9.17) is 0 Å². The van der Waals surface area contributed by atoms with Gasteiger partial charge in [-0.05, 0) is 63.5 Å². The minimum atomic E-state index is -0.456. The van der Waals surface area contributed by atoms with Gasteiger partial charge in [-0.15, -0.1) is 0 Å². The lowest BCUT2D eigenvalue weighted by Crippen LogP contribution is -2.48. The van der Waals surface area contributed by atoms with Crippen molar-refractivity contribution < 1.29 is 5.11 Å². The molecule has 2 aliphatic heterocycles. The normalized spacial score (nSPS) is 38.7. The van der Waals surface area contributed by atoms with E-state index >= 15 is 0 Å². The Morgan fingerprint density at radius 2 is 2.00 bits per heavy atom. The Hall–Kier alpha value is -0.340. The molecule has 0 amide bonds. The molecule has 2 heteroatoms. The van der Waals surface area contributed by atoms with Crippen LogP contribution in [0.4, 0.5) is 0 Å². The molecule has 1 N–H and O–H groups in total. The van der Waals surface area contributed by atoms with Gasteiger partial charge in [-0.25, -0.2) is 0 Å².